The third kappa shape index (κ3) is 3.59. The minimum absolute atomic E-state index is 0.00875. The summed E-state index contributed by atoms with van der Waals surface area (Å²) in [5.74, 6) is 0.289. The molecule has 0 radical (unpaired) electrons. The zero-order valence-corrected chi connectivity index (χ0v) is 17.1. The van der Waals surface area contributed by atoms with E-state index in [2.05, 4.69) is 4.99 Å². The number of rotatable bonds is 3. The largest absolute Gasteiger partial charge is 0.366 e. The van der Waals surface area contributed by atoms with Gasteiger partial charge in [-0.2, -0.15) is 0 Å². The third-order valence-corrected chi connectivity index (χ3v) is 7.21. The summed E-state index contributed by atoms with van der Waals surface area (Å²) in [6.07, 6.45) is 0. The summed E-state index contributed by atoms with van der Waals surface area (Å²) in [4.78, 5) is 6.02. The van der Waals surface area contributed by atoms with Gasteiger partial charge in [-0.25, -0.2) is 13.4 Å². The normalized spacial score (nSPS) is 22.2. The van der Waals surface area contributed by atoms with Crippen LogP contribution in [0.1, 0.15) is 11.1 Å². The zero-order valence-electron chi connectivity index (χ0n) is 14.0. The molecule has 1 N–H and O–H groups in total. The van der Waals surface area contributed by atoms with Crippen LogP contribution in [0.25, 0.3) is 0 Å². The van der Waals surface area contributed by atoms with E-state index in [1.807, 2.05) is 31.2 Å². The van der Waals surface area contributed by atoms with Crippen molar-refractivity contribution in [3.05, 3.63) is 58.6 Å². The molecular formula is C17H16Cl2N2O3S2. The topological polar surface area (TPSA) is 70.0 Å². The van der Waals surface area contributed by atoms with E-state index in [1.165, 1.54) is 23.9 Å². The van der Waals surface area contributed by atoms with Crippen molar-refractivity contribution in [1.82, 2.24) is 4.90 Å². The van der Waals surface area contributed by atoms with Crippen LogP contribution in [0.3, 0.4) is 0 Å². The Balaban J connectivity index is 2.01. The molecule has 2 aromatic rings. The maximum Gasteiger partial charge on any atom is 0.262 e. The van der Waals surface area contributed by atoms with E-state index >= 15 is 0 Å². The van der Waals surface area contributed by atoms with Crippen molar-refractivity contribution in [3.63, 3.8) is 0 Å². The average Bonchev–Trinajstić information content (AvgIpc) is 2.86. The van der Waals surface area contributed by atoms with Crippen LogP contribution in [-0.2, 0) is 14.8 Å². The molecule has 1 fully saturated rings. The monoisotopic (exact) mass is 430 g/mol. The van der Waals surface area contributed by atoms with Gasteiger partial charge in [0.15, 0.2) is 10.9 Å². The first-order chi connectivity index (χ1) is 12.1. The van der Waals surface area contributed by atoms with Gasteiger partial charge in [-0.1, -0.05) is 47.6 Å². The molecule has 2 aromatic carbocycles. The number of aliphatic hydroxyl groups is 1. The van der Waals surface area contributed by atoms with Crippen molar-refractivity contribution in [2.75, 3.05) is 12.8 Å². The molecule has 1 unspecified atom stereocenters. The Hall–Kier alpha value is -1.25. The SMILES string of the molecule is Cc1ccccc1N=C1SCC(O)(c2ccc(Cl)c(S(=O)(=O)Cl)c2)N1C. The number of benzene rings is 2. The molecule has 1 heterocycles. The van der Waals surface area contributed by atoms with Crippen LogP contribution in [0.5, 0.6) is 0 Å². The number of halogens is 2. The standard InChI is InChI=1S/C17H16Cl2N2O3S2/c1-11-5-3-4-6-14(11)20-16-21(2)17(22,10-25-16)12-7-8-13(18)15(9-12)26(19,23)24/h3-9,22H,10H2,1-2H3. The highest BCUT2D eigenvalue weighted by Crippen LogP contribution is 2.40. The quantitative estimate of drug-likeness (QED) is 0.742. The number of para-hydroxylation sites is 1. The van der Waals surface area contributed by atoms with Gasteiger partial charge in [0.05, 0.1) is 16.5 Å². The van der Waals surface area contributed by atoms with Crippen LogP contribution in [-0.4, -0.2) is 36.4 Å². The first kappa shape index (κ1) is 19.5. The van der Waals surface area contributed by atoms with Gasteiger partial charge in [0.25, 0.3) is 9.05 Å². The molecule has 0 aromatic heterocycles. The number of aryl methyl sites for hydroxylation is 1. The van der Waals surface area contributed by atoms with E-state index in [1.54, 1.807) is 18.0 Å². The molecule has 3 rings (SSSR count). The molecule has 0 aliphatic carbocycles. The van der Waals surface area contributed by atoms with Gasteiger partial charge in [0, 0.05) is 23.3 Å². The maximum atomic E-state index is 11.7. The predicted octanol–water partition coefficient (Wildman–Crippen LogP) is 4.09. The van der Waals surface area contributed by atoms with Crippen molar-refractivity contribution in [2.24, 2.45) is 4.99 Å². The van der Waals surface area contributed by atoms with Gasteiger partial charge < -0.3 is 10.0 Å². The van der Waals surface area contributed by atoms with Crippen molar-refractivity contribution in [2.45, 2.75) is 17.5 Å². The van der Waals surface area contributed by atoms with Crippen molar-refractivity contribution < 1.29 is 13.5 Å². The van der Waals surface area contributed by atoms with Crippen LogP contribution < -0.4 is 0 Å². The molecule has 26 heavy (non-hydrogen) atoms. The van der Waals surface area contributed by atoms with Crippen molar-refractivity contribution in [3.8, 4) is 0 Å². The molecule has 9 heteroatoms. The lowest BCUT2D eigenvalue weighted by Crippen LogP contribution is -2.42. The second-order valence-electron chi connectivity index (χ2n) is 5.93. The first-order valence-electron chi connectivity index (χ1n) is 7.61. The van der Waals surface area contributed by atoms with E-state index in [9.17, 15) is 13.5 Å². The summed E-state index contributed by atoms with van der Waals surface area (Å²) >= 11 is 7.32. The summed E-state index contributed by atoms with van der Waals surface area (Å²) in [6, 6.07) is 12.0. The highest BCUT2D eigenvalue weighted by Gasteiger charge is 2.43. The molecule has 1 saturated heterocycles. The van der Waals surface area contributed by atoms with Gasteiger partial charge in [-0.15, -0.1) is 0 Å². The number of thioether (sulfide) groups is 1. The van der Waals surface area contributed by atoms with Crippen LogP contribution in [0.2, 0.25) is 5.02 Å². The molecule has 0 saturated carbocycles. The summed E-state index contributed by atoms with van der Waals surface area (Å²) in [7, 11) is 3.13. The molecule has 1 atom stereocenters. The van der Waals surface area contributed by atoms with E-state index in [0.29, 0.717) is 10.7 Å². The van der Waals surface area contributed by atoms with Gasteiger partial charge >= 0.3 is 0 Å². The average molecular weight is 431 g/mol. The molecule has 0 amide bonds. The lowest BCUT2D eigenvalue weighted by Gasteiger charge is -2.31. The van der Waals surface area contributed by atoms with E-state index in [-0.39, 0.29) is 15.7 Å². The number of hydrogen-bond donors (Lipinski definition) is 1. The van der Waals surface area contributed by atoms with Crippen molar-refractivity contribution in [1.29, 1.82) is 0 Å². The van der Waals surface area contributed by atoms with Gasteiger partial charge in [0.1, 0.15) is 4.90 Å². The second-order valence-corrected chi connectivity index (χ2v) is 9.81. The fourth-order valence-electron chi connectivity index (χ4n) is 2.63. The Morgan fingerprint density at radius 3 is 2.62 bits per heavy atom. The Bertz CT molecular complexity index is 995. The number of hydrogen-bond acceptors (Lipinski definition) is 5. The van der Waals surface area contributed by atoms with Crippen LogP contribution >= 0.6 is 34.0 Å². The fourth-order valence-corrected chi connectivity index (χ4v) is 5.32. The first-order valence-corrected chi connectivity index (χ1v) is 11.3. The highest BCUT2D eigenvalue weighted by molar-refractivity contribution is 8.14. The minimum atomic E-state index is -4.02. The fraction of sp³-hybridized carbons (Fsp3) is 0.235. The van der Waals surface area contributed by atoms with Crippen LogP contribution in [0.4, 0.5) is 5.69 Å². The minimum Gasteiger partial charge on any atom is -0.366 e. The van der Waals surface area contributed by atoms with Crippen LogP contribution in [0, 0.1) is 6.92 Å². The Morgan fingerprint density at radius 2 is 1.96 bits per heavy atom. The Kier molecular flexibility index (Phi) is 5.29. The van der Waals surface area contributed by atoms with Crippen LogP contribution in [0.15, 0.2) is 52.4 Å². The maximum absolute atomic E-state index is 11.7. The smallest absolute Gasteiger partial charge is 0.262 e. The molecule has 138 valence electrons. The molecule has 0 spiro atoms. The third-order valence-electron chi connectivity index (χ3n) is 4.23. The lowest BCUT2D eigenvalue weighted by atomic mass is 10.0. The Morgan fingerprint density at radius 1 is 1.27 bits per heavy atom. The predicted molar refractivity (Wildman–Crippen MR) is 107 cm³/mol. The molecule has 0 bridgehead atoms. The number of nitrogens with zero attached hydrogens (tertiary/aromatic N) is 2. The summed E-state index contributed by atoms with van der Waals surface area (Å²) in [6.45, 7) is 1.96. The highest BCUT2D eigenvalue weighted by atomic mass is 35.7. The van der Waals surface area contributed by atoms with E-state index in [0.717, 1.165) is 11.3 Å². The second kappa shape index (κ2) is 7.05. The van der Waals surface area contributed by atoms with Crippen molar-refractivity contribution >= 4 is 54.0 Å². The molecule has 1 aliphatic rings. The molecule has 5 nitrogen and oxygen atoms in total. The zero-order chi connectivity index (χ0) is 19.1. The number of amidine groups is 1. The summed E-state index contributed by atoms with van der Waals surface area (Å²) in [5, 5.41) is 11.8. The van der Waals surface area contributed by atoms with E-state index < -0.39 is 14.8 Å². The van der Waals surface area contributed by atoms with Gasteiger partial charge in [-0.05, 0) is 30.7 Å². The lowest BCUT2D eigenvalue weighted by molar-refractivity contribution is -0.0349. The van der Waals surface area contributed by atoms with Gasteiger partial charge in [-0.3, -0.25) is 0 Å². The summed E-state index contributed by atoms with van der Waals surface area (Å²) < 4.78 is 23.4. The molecular weight excluding hydrogens is 415 g/mol. The molecule has 1 aliphatic heterocycles. The Labute approximate surface area is 166 Å². The number of aliphatic imine (C=N–C) groups is 1. The van der Waals surface area contributed by atoms with E-state index in [4.69, 9.17) is 22.3 Å². The van der Waals surface area contributed by atoms with Gasteiger partial charge in [0.2, 0.25) is 0 Å². The summed E-state index contributed by atoms with van der Waals surface area (Å²) in [5.41, 5.74) is 0.788.